The standard InChI is InChI=1S/C18H31N5/c1-14(13-23-10-8-22(3)9-11-23)19-12-18-20-15(2)16-6-4-5-7-17(16)21-18/h14,19H,4-13H2,1-3H3. The summed E-state index contributed by atoms with van der Waals surface area (Å²) in [6.07, 6.45) is 4.85. The van der Waals surface area contributed by atoms with E-state index >= 15 is 0 Å². The molecular formula is C18H31N5. The Labute approximate surface area is 140 Å². The lowest BCUT2D eigenvalue weighted by molar-refractivity contribution is 0.144. The zero-order valence-corrected chi connectivity index (χ0v) is 14.9. The molecule has 2 aliphatic rings. The number of hydrogen-bond acceptors (Lipinski definition) is 5. The van der Waals surface area contributed by atoms with Gasteiger partial charge in [-0.3, -0.25) is 4.90 Å². The largest absolute Gasteiger partial charge is 0.306 e. The second kappa shape index (κ2) is 7.69. The van der Waals surface area contributed by atoms with Gasteiger partial charge >= 0.3 is 0 Å². The van der Waals surface area contributed by atoms with Crippen LogP contribution in [0.4, 0.5) is 0 Å². The number of hydrogen-bond donors (Lipinski definition) is 1. The van der Waals surface area contributed by atoms with Crippen LogP contribution in [0.25, 0.3) is 0 Å². The van der Waals surface area contributed by atoms with Crippen LogP contribution in [0.15, 0.2) is 0 Å². The van der Waals surface area contributed by atoms with Gasteiger partial charge in [0.05, 0.1) is 6.54 Å². The van der Waals surface area contributed by atoms with Gasteiger partial charge in [0.2, 0.25) is 0 Å². The Morgan fingerprint density at radius 2 is 1.83 bits per heavy atom. The highest BCUT2D eigenvalue weighted by molar-refractivity contribution is 5.27. The van der Waals surface area contributed by atoms with Crippen LogP contribution in [-0.2, 0) is 19.4 Å². The van der Waals surface area contributed by atoms with Crippen molar-refractivity contribution in [2.45, 2.75) is 52.1 Å². The van der Waals surface area contributed by atoms with Crippen LogP contribution in [0.2, 0.25) is 0 Å². The van der Waals surface area contributed by atoms with E-state index in [0.29, 0.717) is 6.04 Å². The fourth-order valence-corrected chi connectivity index (χ4v) is 3.67. The summed E-state index contributed by atoms with van der Waals surface area (Å²) in [7, 11) is 2.20. The maximum Gasteiger partial charge on any atom is 0.142 e. The SMILES string of the molecule is Cc1nc(CNC(C)CN2CCN(C)CC2)nc2c1CCCC2. The topological polar surface area (TPSA) is 44.3 Å². The zero-order chi connectivity index (χ0) is 16.2. The van der Waals surface area contributed by atoms with Crippen molar-refractivity contribution in [3.8, 4) is 0 Å². The Morgan fingerprint density at radius 3 is 2.61 bits per heavy atom. The number of nitrogens with one attached hydrogen (secondary N) is 1. The fraction of sp³-hybridized carbons (Fsp3) is 0.778. The van der Waals surface area contributed by atoms with E-state index in [9.17, 15) is 0 Å². The van der Waals surface area contributed by atoms with E-state index < -0.39 is 0 Å². The van der Waals surface area contributed by atoms with Crippen LogP contribution in [-0.4, -0.2) is 65.6 Å². The molecule has 1 N–H and O–H groups in total. The molecule has 2 heterocycles. The third-order valence-corrected chi connectivity index (χ3v) is 5.17. The van der Waals surface area contributed by atoms with E-state index in [2.05, 4.69) is 36.0 Å². The summed E-state index contributed by atoms with van der Waals surface area (Å²) in [4.78, 5) is 14.5. The average Bonchev–Trinajstić information content (AvgIpc) is 2.55. The Kier molecular flexibility index (Phi) is 5.62. The van der Waals surface area contributed by atoms with Crippen molar-refractivity contribution in [3.05, 3.63) is 22.8 Å². The van der Waals surface area contributed by atoms with Gasteiger partial charge in [-0.1, -0.05) is 0 Å². The third-order valence-electron chi connectivity index (χ3n) is 5.17. The van der Waals surface area contributed by atoms with Gasteiger partial charge in [0, 0.05) is 50.2 Å². The molecule has 0 amide bonds. The second-order valence-electron chi connectivity index (χ2n) is 7.24. The van der Waals surface area contributed by atoms with Crippen LogP contribution >= 0.6 is 0 Å². The smallest absolute Gasteiger partial charge is 0.142 e. The second-order valence-corrected chi connectivity index (χ2v) is 7.24. The van der Waals surface area contributed by atoms with Crippen LogP contribution in [0, 0.1) is 6.92 Å². The Bertz CT molecular complexity index is 522. The first kappa shape index (κ1) is 16.8. The summed E-state index contributed by atoms with van der Waals surface area (Å²) in [6.45, 7) is 11.0. The van der Waals surface area contributed by atoms with E-state index in [0.717, 1.165) is 31.8 Å². The molecule has 1 aliphatic heterocycles. The highest BCUT2D eigenvalue weighted by Crippen LogP contribution is 2.21. The van der Waals surface area contributed by atoms with Crippen molar-refractivity contribution >= 4 is 0 Å². The minimum absolute atomic E-state index is 0.471. The predicted molar refractivity (Wildman–Crippen MR) is 93.6 cm³/mol. The summed E-state index contributed by atoms with van der Waals surface area (Å²) in [5.41, 5.74) is 3.90. The number of aromatic nitrogens is 2. The summed E-state index contributed by atoms with van der Waals surface area (Å²) in [5.74, 6) is 0.966. The molecule has 1 aromatic rings. The van der Waals surface area contributed by atoms with Crippen LogP contribution in [0.1, 0.15) is 42.5 Å². The van der Waals surface area contributed by atoms with Gasteiger partial charge in [0.15, 0.2) is 0 Å². The highest BCUT2D eigenvalue weighted by atomic mass is 15.3. The molecule has 1 saturated heterocycles. The molecule has 5 nitrogen and oxygen atoms in total. The first-order valence-electron chi connectivity index (χ1n) is 9.11. The van der Waals surface area contributed by atoms with Crippen molar-refractivity contribution in [2.75, 3.05) is 39.8 Å². The van der Waals surface area contributed by atoms with Gasteiger partial charge in [-0.2, -0.15) is 0 Å². The summed E-state index contributed by atoms with van der Waals surface area (Å²) in [6, 6.07) is 0.471. The molecule has 1 atom stereocenters. The fourth-order valence-electron chi connectivity index (χ4n) is 3.67. The number of fused-ring (bicyclic) bond motifs is 1. The minimum Gasteiger partial charge on any atom is -0.306 e. The molecule has 0 bridgehead atoms. The van der Waals surface area contributed by atoms with Gasteiger partial charge in [0.1, 0.15) is 5.82 Å². The molecule has 0 spiro atoms. The molecule has 1 fully saturated rings. The molecular weight excluding hydrogens is 286 g/mol. The Balaban J connectivity index is 1.51. The van der Waals surface area contributed by atoms with E-state index in [1.807, 2.05) is 0 Å². The Morgan fingerprint density at radius 1 is 1.09 bits per heavy atom. The molecule has 0 aromatic carbocycles. The van der Waals surface area contributed by atoms with E-state index in [4.69, 9.17) is 9.97 Å². The Hall–Kier alpha value is -1.04. The lowest BCUT2D eigenvalue weighted by Crippen LogP contribution is -2.48. The number of rotatable bonds is 5. The van der Waals surface area contributed by atoms with Crippen molar-refractivity contribution < 1.29 is 0 Å². The lowest BCUT2D eigenvalue weighted by Gasteiger charge is -2.34. The normalized spacial score (nSPS) is 21.2. The molecule has 5 heteroatoms. The first-order valence-corrected chi connectivity index (χ1v) is 9.11. The molecule has 1 unspecified atom stereocenters. The number of piperazine rings is 1. The van der Waals surface area contributed by atoms with Crippen molar-refractivity contribution in [3.63, 3.8) is 0 Å². The summed E-state index contributed by atoms with van der Waals surface area (Å²) in [5, 5.41) is 3.61. The molecule has 1 aliphatic carbocycles. The lowest BCUT2D eigenvalue weighted by atomic mass is 9.95. The molecule has 128 valence electrons. The van der Waals surface area contributed by atoms with Gasteiger partial charge in [0.25, 0.3) is 0 Å². The maximum absolute atomic E-state index is 4.81. The van der Waals surface area contributed by atoms with Gasteiger partial charge < -0.3 is 10.2 Å². The van der Waals surface area contributed by atoms with Gasteiger partial charge in [-0.05, 0) is 52.1 Å². The zero-order valence-electron chi connectivity index (χ0n) is 14.9. The van der Waals surface area contributed by atoms with Crippen LogP contribution in [0.3, 0.4) is 0 Å². The first-order chi connectivity index (χ1) is 11.1. The number of likely N-dealkylation sites (N-methyl/N-ethyl adjacent to an activating group) is 1. The van der Waals surface area contributed by atoms with E-state index in [-0.39, 0.29) is 0 Å². The number of nitrogens with zero attached hydrogens (tertiary/aromatic N) is 4. The number of aryl methyl sites for hydroxylation is 2. The van der Waals surface area contributed by atoms with Gasteiger partial charge in [-0.25, -0.2) is 9.97 Å². The monoisotopic (exact) mass is 317 g/mol. The summed E-state index contributed by atoms with van der Waals surface area (Å²) >= 11 is 0. The molecule has 0 saturated carbocycles. The molecule has 1 aromatic heterocycles. The molecule has 0 radical (unpaired) electrons. The van der Waals surface area contributed by atoms with E-state index in [1.165, 1.54) is 56.0 Å². The predicted octanol–water partition coefficient (Wildman–Crippen LogP) is 1.39. The van der Waals surface area contributed by atoms with Crippen molar-refractivity contribution in [1.29, 1.82) is 0 Å². The van der Waals surface area contributed by atoms with Crippen molar-refractivity contribution in [2.24, 2.45) is 0 Å². The molecule has 23 heavy (non-hydrogen) atoms. The summed E-state index contributed by atoms with van der Waals surface area (Å²) < 4.78 is 0. The van der Waals surface area contributed by atoms with Crippen LogP contribution in [0.5, 0.6) is 0 Å². The van der Waals surface area contributed by atoms with E-state index in [1.54, 1.807) is 0 Å². The van der Waals surface area contributed by atoms with Gasteiger partial charge in [-0.15, -0.1) is 0 Å². The quantitative estimate of drug-likeness (QED) is 0.889. The maximum atomic E-state index is 4.81. The van der Waals surface area contributed by atoms with Crippen LogP contribution < -0.4 is 5.32 Å². The highest BCUT2D eigenvalue weighted by Gasteiger charge is 2.17. The van der Waals surface area contributed by atoms with Crippen molar-refractivity contribution in [1.82, 2.24) is 25.1 Å². The minimum atomic E-state index is 0.471. The third kappa shape index (κ3) is 4.49. The molecule has 3 rings (SSSR count). The average molecular weight is 317 g/mol.